The smallest absolute Gasteiger partial charge is 0.0372 e. The summed E-state index contributed by atoms with van der Waals surface area (Å²) in [5.41, 5.74) is 1.07. The molecule has 0 radical (unpaired) electrons. The minimum absolute atomic E-state index is 1.07. The van der Waals surface area contributed by atoms with Gasteiger partial charge in [0.25, 0.3) is 0 Å². The van der Waals surface area contributed by atoms with Crippen molar-refractivity contribution in [1.82, 2.24) is 4.98 Å². The first-order valence-corrected chi connectivity index (χ1v) is 6.68. The van der Waals surface area contributed by atoms with E-state index in [0.29, 0.717) is 0 Å². The summed E-state index contributed by atoms with van der Waals surface area (Å²) in [6.07, 6.45) is 11.8. The van der Waals surface area contributed by atoms with Crippen molar-refractivity contribution in [2.24, 2.45) is 0 Å². The molecule has 16 heavy (non-hydrogen) atoms. The van der Waals surface area contributed by atoms with Gasteiger partial charge in [-0.3, -0.25) is 4.98 Å². The van der Waals surface area contributed by atoms with Gasteiger partial charge in [0.15, 0.2) is 0 Å². The second-order valence-corrected chi connectivity index (χ2v) is 4.24. The molecule has 0 saturated heterocycles. The second kappa shape index (κ2) is 12.2. The highest BCUT2D eigenvalue weighted by molar-refractivity contribution is 4.99. The summed E-state index contributed by atoms with van der Waals surface area (Å²) in [6, 6.07) is 5.86. The molecule has 92 valence electrons. The number of hydrogen-bond acceptors (Lipinski definition) is 1. The minimum Gasteiger partial charge on any atom is -0.262 e. The van der Waals surface area contributed by atoms with Crippen molar-refractivity contribution in [1.29, 1.82) is 0 Å². The van der Waals surface area contributed by atoms with Crippen molar-refractivity contribution in [3.05, 3.63) is 30.1 Å². The average Bonchev–Trinajstić information content (AvgIpc) is 2.31. The van der Waals surface area contributed by atoms with E-state index in [1.165, 1.54) is 44.9 Å². The minimum atomic E-state index is 1.07. The van der Waals surface area contributed by atoms with E-state index in [9.17, 15) is 0 Å². The van der Waals surface area contributed by atoms with Crippen molar-refractivity contribution in [3.8, 4) is 0 Å². The predicted octanol–water partition coefficient (Wildman–Crippen LogP) is 5.15. The third kappa shape index (κ3) is 11.2. The fraction of sp³-hybridized carbons (Fsp3) is 0.667. The van der Waals surface area contributed by atoms with E-state index in [1.807, 2.05) is 25.1 Å². The lowest BCUT2D eigenvalue weighted by Crippen LogP contribution is -1.76. The molecule has 1 nitrogen and oxygen atoms in total. The van der Waals surface area contributed by atoms with Crippen LogP contribution < -0.4 is 0 Å². The Morgan fingerprint density at radius 3 is 1.75 bits per heavy atom. The molecule has 0 fully saturated rings. The molecule has 0 spiro atoms. The fourth-order valence-corrected chi connectivity index (χ4v) is 1.48. The van der Waals surface area contributed by atoms with Gasteiger partial charge in [-0.1, -0.05) is 64.9 Å². The Labute approximate surface area is 101 Å². The van der Waals surface area contributed by atoms with Gasteiger partial charge in [-0.2, -0.15) is 0 Å². The maximum atomic E-state index is 3.98. The number of nitrogens with zero attached hydrogens (tertiary/aromatic N) is 1. The van der Waals surface area contributed by atoms with Crippen LogP contribution >= 0.6 is 0 Å². The van der Waals surface area contributed by atoms with Crippen LogP contribution in [0.15, 0.2) is 24.4 Å². The van der Waals surface area contributed by atoms with Gasteiger partial charge in [-0.05, 0) is 19.1 Å². The first kappa shape index (κ1) is 15.2. The summed E-state index contributed by atoms with van der Waals surface area (Å²) in [5, 5.41) is 0. The fourth-order valence-electron chi connectivity index (χ4n) is 1.48. The van der Waals surface area contributed by atoms with Gasteiger partial charge < -0.3 is 0 Å². The summed E-state index contributed by atoms with van der Waals surface area (Å²) in [4.78, 5) is 3.98. The van der Waals surface area contributed by atoms with E-state index in [4.69, 9.17) is 0 Å². The van der Waals surface area contributed by atoms with Crippen LogP contribution in [0.3, 0.4) is 0 Å². The number of pyridine rings is 1. The predicted molar refractivity (Wildman–Crippen MR) is 72.6 cm³/mol. The van der Waals surface area contributed by atoms with Gasteiger partial charge in [-0.15, -0.1) is 0 Å². The number of rotatable bonds is 6. The molecule has 0 aliphatic carbocycles. The van der Waals surface area contributed by atoms with Gasteiger partial charge in [0.05, 0.1) is 0 Å². The number of aryl methyl sites for hydroxylation is 1. The number of unbranched alkanes of at least 4 members (excludes halogenated alkanes) is 6. The molecule has 0 aromatic carbocycles. The normalized spacial score (nSPS) is 9.44. The molecule has 1 heterocycles. The van der Waals surface area contributed by atoms with Gasteiger partial charge in [0, 0.05) is 11.9 Å². The summed E-state index contributed by atoms with van der Waals surface area (Å²) >= 11 is 0. The quantitative estimate of drug-likeness (QED) is 0.606. The third-order valence-electron chi connectivity index (χ3n) is 2.52. The van der Waals surface area contributed by atoms with Crippen LogP contribution in [0.25, 0.3) is 0 Å². The van der Waals surface area contributed by atoms with Crippen molar-refractivity contribution < 1.29 is 0 Å². The Balaban J connectivity index is 0.000000288. The lowest BCUT2D eigenvalue weighted by molar-refractivity contribution is 0.602. The lowest BCUT2D eigenvalue weighted by Gasteiger charge is -1.96. The van der Waals surface area contributed by atoms with Gasteiger partial charge in [-0.25, -0.2) is 0 Å². The summed E-state index contributed by atoms with van der Waals surface area (Å²) in [6.45, 7) is 6.50. The van der Waals surface area contributed by atoms with Crippen LogP contribution in [-0.2, 0) is 0 Å². The Kier molecular flexibility index (Phi) is 11.6. The molecular weight excluding hydrogens is 194 g/mol. The van der Waals surface area contributed by atoms with Gasteiger partial charge >= 0.3 is 0 Å². The third-order valence-corrected chi connectivity index (χ3v) is 2.52. The zero-order valence-corrected chi connectivity index (χ0v) is 11.2. The molecule has 1 rings (SSSR count). The molecule has 1 heteroatoms. The highest BCUT2D eigenvalue weighted by Gasteiger charge is 1.85. The second-order valence-electron chi connectivity index (χ2n) is 4.24. The molecule has 0 aliphatic rings. The molecule has 0 saturated carbocycles. The summed E-state index contributed by atoms with van der Waals surface area (Å²) in [7, 11) is 0. The first-order valence-electron chi connectivity index (χ1n) is 6.68. The first-order chi connectivity index (χ1) is 7.81. The van der Waals surface area contributed by atoms with Crippen LogP contribution in [0.4, 0.5) is 0 Å². The zero-order valence-electron chi connectivity index (χ0n) is 11.2. The van der Waals surface area contributed by atoms with E-state index in [-0.39, 0.29) is 0 Å². The van der Waals surface area contributed by atoms with E-state index in [0.717, 1.165) is 5.69 Å². The van der Waals surface area contributed by atoms with Crippen molar-refractivity contribution >= 4 is 0 Å². The highest BCUT2D eigenvalue weighted by Crippen LogP contribution is 2.05. The SMILES string of the molecule is CCCCCCCCC.Cc1ccccn1. The van der Waals surface area contributed by atoms with Crippen molar-refractivity contribution in [2.75, 3.05) is 0 Å². The molecule has 0 N–H and O–H groups in total. The Morgan fingerprint density at radius 1 is 0.875 bits per heavy atom. The van der Waals surface area contributed by atoms with E-state index < -0.39 is 0 Å². The van der Waals surface area contributed by atoms with Crippen LogP contribution in [-0.4, -0.2) is 4.98 Å². The number of hydrogen-bond donors (Lipinski definition) is 0. The Hall–Kier alpha value is -0.850. The molecule has 0 amide bonds. The maximum Gasteiger partial charge on any atom is 0.0372 e. The summed E-state index contributed by atoms with van der Waals surface area (Å²) < 4.78 is 0. The Bertz CT molecular complexity index is 212. The van der Waals surface area contributed by atoms with Crippen LogP contribution in [0.2, 0.25) is 0 Å². The lowest BCUT2D eigenvalue weighted by atomic mass is 10.1. The van der Waals surface area contributed by atoms with Crippen LogP contribution in [0.1, 0.15) is 64.5 Å². The average molecular weight is 221 g/mol. The molecule has 0 unspecified atom stereocenters. The topological polar surface area (TPSA) is 12.9 Å². The molecule has 1 aromatic rings. The van der Waals surface area contributed by atoms with Crippen LogP contribution in [0.5, 0.6) is 0 Å². The van der Waals surface area contributed by atoms with Crippen molar-refractivity contribution in [2.45, 2.75) is 65.7 Å². The molecule has 0 bridgehead atoms. The van der Waals surface area contributed by atoms with E-state index in [2.05, 4.69) is 18.8 Å². The highest BCUT2D eigenvalue weighted by atomic mass is 14.6. The van der Waals surface area contributed by atoms with E-state index >= 15 is 0 Å². The monoisotopic (exact) mass is 221 g/mol. The van der Waals surface area contributed by atoms with E-state index in [1.54, 1.807) is 6.20 Å². The summed E-state index contributed by atoms with van der Waals surface area (Å²) in [5.74, 6) is 0. The molecule has 0 aliphatic heterocycles. The number of aromatic nitrogens is 1. The van der Waals surface area contributed by atoms with Crippen LogP contribution in [0, 0.1) is 6.92 Å². The van der Waals surface area contributed by atoms with Gasteiger partial charge in [0.2, 0.25) is 0 Å². The molecule has 0 atom stereocenters. The van der Waals surface area contributed by atoms with Crippen molar-refractivity contribution in [3.63, 3.8) is 0 Å². The molecular formula is C15H27N. The zero-order chi connectivity index (χ0) is 12.1. The molecule has 1 aromatic heterocycles. The standard InChI is InChI=1S/C9H20.C6H7N/c1-3-5-7-9-8-6-4-2;1-6-4-2-3-5-7-6/h3-9H2,1-2H3;2-5H,1H3. The largest absolute Gasteiger partial charge is 0.262 e. The van der Waals surface area contributed by atoms with Gasteiger partial charge in [0.1, 0.15) is 0 Å². The maximum absolute atomic E-state index is 3.98. The Morgan fingerprint density at radius 2 is 1.44 bits per heavy atom.